The number of benzene rings is 1. The number of halogens is 2. The predicted molar refractivity (Wildman–Crippen MR) is 62.2 cm³/mol. The second kappa shape index (κ2) is 5.03. The average Bonchev–Trinajstić information content (AvgIpc) is 2.08. The van der Waals surface area contributed by atoms with Crippen molar-refractivity contribution in [3.63, 3.8) is 0 Å². The molecular weight excluding hydrogens is 338 g/mol. The summed E-state index contributed by atoms with van der Waals surface area (Å²) in [5.41, 5.74) is 4.36. The summed E-state index contributed by atoms with van der Waals surface area (Å²) in [4.78, 5) is 19.3. The van der Waals surface area contributed by atoms with Gasteiger partial charge in [0, 0.05) is 6.07 Å². The third-order valence-corrected chi connectivity index (χ3v) is 2.16. The Hall–Kier alpha value is -1.22. The lowest BCUT2D eigenvalue weighted by molar-refractivity contribution is -0.393. The molecule has 7 nitrogen and oxygen atoms in total. The van der Waals surface area contributed by atoms with Gasteiger partial charge in [0.05, 0.1) is 20.4 Å². The molecule has 9 heteroatoms. The van der Waals surface area contributed by atoms with Crippen molar-refractivity contribution < 1.29 is 9.85 Å². The van der Waals surface area contributed by atoms with Gasteiger partial charge in [0.2, 0.25) is 0 Å². The summed E-state index contributed by atoms with van der Waals surface area (Å²) in [7, 11) is 0. The van der Waals surface area contributed by atoms with E-state index < -0.39 is 15.5 Å². The van der Waals surface area contributed by atoms with E-state index in [4.69, 9.17) is 5.73 Å². The topological polar surface area (TPSA) is 112 Å². The molecule has 1 rings (SSSR count). The molecule has 0 amide bonds. The van der Waals surface area contributed by atoms with Crippen LogP contribution in [0, 0.1) is 20.2 Å². The van der Waals surface area contributed by atoms with Crippen molar-refractivity contribution >= 4 is 50.0 Å². The summed E-state index contributed by atoms with van der Waals surface area (Å²) in [6, 6.07) is 1.93. The molecule has 0 spiro atoms. The minimum Gasteiger partial charge on any atom is -0.392 e. The Labute approximate surface area is 102 Å². The molecule has 1 aromatic carbocycles. The highest BCUT2D eigenvalue weighted by atomic mass is 79.9. The maximum atomic E-state index is 10.4. The van der Waals surface area contributed by atoms with Crippen molar-refractivity contribution in [3.05, 3.63) is 36.8 Å². The van der Waals surface area contributed by atoms with Crippen LogP contribution in [-0.2, 0) is 0 Å². The fourth-order valence-corrected chi connectivity index (χ4v) is 1.28. The summed E-state index contributed by atoms with van der Waals surface area (Å²) in [5.74, 6) is 0. The quantitative estimate of drug-likeness (QED) is 0.503. The molecule has 15 heavy (non-hydrogen) atoms. The van der Waals surface area contributed by atoms with Crippen LogP contribution >= 0.6 is 32.9 Å². The first kappa shape index (κ1) is 13.8. The van der Waals surface area contributed by atoms with Gasteiger partial charge in [-0.1, -0.05) is 0 Å². The number of nitro benzene ring substituents is 2. The number of hydrogen-bond donors (Lipinski definition) is 1. The zero-order valence-electron chi connectivity index (χ0n) is 7.05. The predicted octanol–water partition coefficient (Wildman–Crippen LogP) is 2.43. The summed E-state index contributed by atoms with van der Waals surface area (Å²) in [6.07, 6.45) is 0. The Balaban J connectivity index is 0.00000196. The van der Waals surface area contributed by atoms with E-state index in [1.165, 1.54) is 0 Å². The number of hydrogen-bond acceptors (Lipinski definition) is 5. The smallest absolute Gasteiger partial charge is 0.300 e. The third kappa shape index (κ3) is 2.86. The van der Waals surface area contributed by atoms with Crippen LogP contribution in [0.1, 0.15) is 0 Å². The van der Waals surface area contributed by atoms with E-state index in [1.54, 1.807) is 0 Å². The number of nitrogens with two attached hydrogens (primary N) is 1. The van der Waals surface area contributed by atoms with Crippen LogP contribution in [0.2, 0.25) is 0 Å². The number of nitrogens with zero attached hydrogens (tertiary/aromatic N) is 2. The van der Waals surface area contributed by atoms with Gasteiger partial charge in [0.25, 0.3) is 11.4 Å². The second-order valence-electron chi connectivity index (χ2n) is 2.37. The van der Waals surface area contributed by atoms with Gasteiger partial charge in [-0.15, -0.1) is 17.0 Å². The van der Waals surface area contributed by atoms with Crippen molar-refractivity contribution in [3.8, 4) is 0 Å². The van der Waals surface area contributed by atoms with Crippen LogP contribution in [0.5, 0.6) is 0 Å². The molecule has 0 saturated carbocycles. The van der Waals surface area contributed by atoms with Crippen molar-refractivity contribution in [1.29, 1.82) is 0 Å². The molecule has 0 aliphatic rings. The van der Waals surface area contributed by atoms with E-state index in [9.17, 15) is 20.2 Å². The monoisotopic (exact) mass is 341 g/mol. The molecule has 0 saturated heterocycles. The molecule has 0 unspecified atom stereocenters. The maximum Gasteiger partial charge on any atom is 0.300 e. The fourth-order valence-electron chi connectivity index (χ4n) is 0.846. The molecule has 0 atom stereocenters. The lowest BCUT2D eigenvalue weighted by Gasteiger charge is -1.99. The minimum atomic E-state index is -0.771. The number of anilines is 1. The Bertz CT molecular complexity index is 423. The van der Waals surface area contributed by atoms with E-state index in [1.807, 2.05) is 0 Å². The zero-order valence-corrected chi connectivity index (χ0v) is 10.3. The SMILES string of the molecule is Br.Nc1c(Br)cc([N+](=O)[O-])cc1[N+](=O)[O-]. The molecule has 0 heterocycles. The van der Waals surface area contributed by atoms with Crippen LogP contribution in [0.15, 0.2) is 16.6 Å². The molecular formula is C6H5Br2N3O4. The Morgan fingerprint density at radius 2 is 1.73 bits per heavy atom. The maximum absolute atomic E-state index is 10.4. The van der Waals surface area contributed by atoms with Crippen LogP contribution < -0.4 is 5.73 Å². The van der Waals surface area contributed by atoms with Gasteiger partial charge in [-0.3, -0.25) is 20.2 Å². The van der Waals surface area contributed by atoms with Crippen molar-refractivity contribution in [1.82, 2.24) is 0 Å². The summed E-state index contributed by atoms with van der Waals surface area (Å²) in [5, 5.41) is 20.8. The van der Waals surface area contributed by atoms with Crippen molar-refractivity contribution in [2.45, 2.75) is 0 Å². The van der Waals surface area contributed by atoms with Gasteiger partial charge in [-0.25, -0.2) is 0 Å². The third-order valence-electron chi connectivity index (χ3n) is 1.50. The highest BCUT2D eigenvalue weighted by Gasteiger charge is 2.20. The molecule has 0 bridgehead atoms. The summed E-state index contributed by atoms with van der Waals surface area (Å²) >= 11 is 2.90. The summed E-state index contributed by atoms with van der Waals surface area (Å²) < 4.78 is 0.137. The molecule has 0 radical (unpaired) electrons. The van der Waals surface area contributed by atoms with E-state index >= 15 is 0 Å². The van der Waals surface area contributed by atoms with Gasteiger partial charge in [-0.05, 0) is 15.9 Å². The van der Waals surface area contributed by atoms with Gasteiger partial charge in [0.15, 0.2) is 0 Å². The highest BCUT2D eigenvalue weighted by molar-refractivity contribution is 9.10. The lowest BCUT2D eigenvalue weighted by Crippen LogP contribution is -1.98. The Morgan fingerprint density at radius 1 is 1.20 bits per heavy atom. The van der Waals surface area contributed by atoms with E-state index in [2.05, 4.69) is 15.9 Å². The first-order valence-corrected chi connectivity index (χ1v) is 4.10. The number of nitrogen functional groups attached to an aromatic ring is 1. The Kier molecular flexibility index (Phi) is 4.62. The normalized spacial score (nSPS) is 9.13. The minimum absolute atomic E-state index is 0. The van der Waals surface area contributed by atoms with Crippen LogP contribution in [0.25, 0.3) is 0 Å². The van der Waals surface area contributed by atoms with E-state index in [0.717, 1.165) is 12.1 Å². The average molecular weight is 343 g/mol. The lowest BCUT2D eigenvalue weighted by atomic mass is 10.2. The first-order chi connectivity index (χ1) is 6.43. The van der Waals surface area contributed by atoms with Crippen molar-refractivity contribution in [2.75, 3.05) is 5.73 Å². The zero-order chi connectivity index (χ0) is 10.9. The first-order valence-electron chi connectivity index (χ1n) is 3.31. The summed E-state index contributed by atoms with van der Waals surface area (Å²) in [6.45, 7) is 0. The van der Waals surface area contributed by atoms with Crippen molar-refractivity contribution in [2.24, 2.45) is 0 Å². The molecule has 82 valence electrons. The van der Waals surface area contributed by atoms with Gasteiger partial charge >= 0.3 is 0 Å². The van der Waals surface area contributed by atoms with E-state index in [0.29, 0.717) is 0 Å². The van der Waals surface area contributed by atoms with Crippen LogP contribution in [-0.4, -0.2) is 9.85 Å². The highest BCUT2D eigenvalue weighted by Crippen LogP contribution is 2.33. The van der Waals surface area contributed by atoms with Gasteiger partial charge in [0.1, 0.15) is 5.69 Å². The molecule has 1 aromatic rings. The van der Waals surface area contributed by atoms with Crippen LogP contribution in [0.3, 0.4) is 0 Å². The molecule has 0 aliphatic carbocycles. The van der Waals surface area contributed by atoms with Gasteiger partial charge in [-0.2, -0.15) is 0 Å². The number of rotatable bonds is 2. The Morgan fingerprint density at radius 3 is 2.13 bits per heavy atom. The van der Waals surface area contributed by atoms with Crippen LogP contribution in [0.4, 0.5) is 17.1 Å². The standard InChI is InChI=1S/C6H4BrN3O4.BrH/c7-4-1-3(9(11)12)2-5(6(4)8)10(13)14;/h1-2H,8H2;1H. The second-order valence-corrected chi connectivity index (χ2v) is 3.23. The van der Waals surface area contributed by atoms with Gasteiger partial charge < -0.3 is 5.73 Å². The number of non-ortho nitro benzene ring substituents is 1. The molecule has 0 fully saturated rings. The molecule has 2 N–H and O–H groups in total. The van der Waals surface area contributed by atoms with E-state index in [-0.39, 0.29) is 32.8 Å². The largest absolute Gasteiger partial charge is 0.392 e. The molecule has 0 aromatic heterocycles. The fraction of sp³-hybridized carbons (Fsp3) is 0. The molecule has 0 aliphatic heterocycles. The number of nitro groups is 2.